The quantitative estimate of drug-likeness (QED) is 0.367. The Morgan fingerprint density at radius 2 is 1.59 bits per heavy atom. The second-order valence-electron chi connectivity index (χ2n) is 6.44. The maximum atomic E-state index is 2.40. The van der Waals surface area contributed by atoms with Crippen LogP contribution in [0.25, 0.3) is 32.9 Å². The fourth-order valence-electron chi connectivity index (χ4n) is 3.95. The summed E-state index contributed by atoms with van der Waals surface area (Å²) < 4.78 is 2.33. The second kappa shape index (κ2) is 4.01. The van der Waals surface area contributed by atoms with Gasteiger partial charge in [0.05, 0.1) is 0 Å². The van der Waals surface area contributed by atoms with Gasteiger partial charge in [0.15, 0.2) is 0 Å². The highest BCUT2D eigenvalue weighted by Gasteiger charge is 2.20. The molecular formula is C21H17N. The third-order valence-corrected chi connectivity index (χ3v) is 5.07. The Morgan fingerprint density at radius 3 is 2.50 bits per heavy atom. The standard InChI is InChI=1S/C21H17N/c1-13-7-8-20-18(9-13)19-12-17-15(11-21(19)22(20)2)10-14-5-3-4-6-16(14)17/h3-9,11-12H,10H2,1-2H3. The van der Waals surface area contributed by atoms with E-state index in [1.807, 2.05) is 0 Å². The highest BCUT2D eigenvalue weighted by atomic mass is 14.9. The van der Waals surface area contributed by atoms with E-state index >= 15 is 0 Å². The van der Waals surface area contributed by atoms with Crippen LogP contribution in [0.3, 0.4) is 0 Å². The van der Waals surface area contributed by atoms with E-state index in [0.29, 0.717) is 0 Å². The number of hydrogen-bond acceptors (Lipinski definition) is 0. The second-order valence-corrected chi connectivity index (χ2v) is 6.44. The first-order chi connectivity index (χ1) is 10.7. The van der Waals surface area contributed by atoms with Gasteiger partial charge in [-0.2, -0.15) is 0 Å². The van der Waals surface area contributed by atoms with E-state index in [9.17, 15) is 0 Å². The SMILES string of the molecule is Cc1ccc2c(c1)c1cc3c(cc1n2C)Cc1ccccc1-3. The normalized spacial score (nSPS) is 12.8. The van der Waals surface area contributed by atoms with Gasteiger partial charge in [-0.05, 0) is 59.9 Å². The summed E-state index contributed by atoms with van der Waals surface area (Å²) in [5.74, 6) is 0. The lowest BCUT2D eigenvalue weighted by Gasteiger charge is -2.03. The van der Waals surface area contributed by atoms with Crippen LogP contribution in [-0.2, 0) is 13.5 Å². The Hall–Kier alpha value is -2.54. The number of hydrogen-bond donors (Lipinski definition) is 0. The molecule has 4 aromatic rings. The zero-order valence-corrected chi connectivity index (χ0v) is 12.9. The molecule has 0 unspecified atom stereocenters. The van der Waals surface area contributed by atoms with Crippen molar-refractivity contribution in [1.82, 2.24) is 4.57 Å². The summed E-state index contributed by atoms with van der Waals surface area (Å²) in [4.78, 5) is 0. The van der Waals surface area contributed by atoms with Gasteiger partial charge in [0.2, 0.25) is 0 Å². The summed E-state index contributed by atoms with van der Waals surface area (Å²) in [7, 11) is 2.18. The van der Waals surface area contributed by atoms with E-state index in [4.69, 9.17) is 0 Å². The topological polar surface area (TPSA) is 4.93 Å². The summed E-state index contributed by atoms with van der Waals surface area (Å²) in [6.45, 7) is 2.17. The fraction of sp³-hybridized carbons (Fsp3) is 0.143. The minimum atomic E-state index is 1.06. The van der Waals surface area contributed by atoms with Crippen molar-refractivity contribution in [2.75, 3.05) is 0 Å². The van der Waals surface area contributed by atoms with Crippen LogP contribution in [-0.4, -0.2) is 4.57 Å². The minimum absolute atomic E-state index is 1.06. The molecule has 5 rings (SSSR count). The highest BCUT2D eigenvalue weighted by Crippen LogP contribution is 2.41. The summed E-state index contributed by atoms with van der Waals surface area (Å²) in [6.07, 6.45) is 1.06. The Morgan fingerprint density at radius 1 is 0.773 bits per heavy atom. The lowest BCUT2D eigenvalue weighted by atomic mass is 10.0. The zero-order valence-electron chi connectivity index (χ0n) is 12.9. The molecule has 1 aromatic heterocycles. The van der Waals surface area contributed by atoms with Crippen LogP contribution in [0.1, 0.15) is 16.7 Å². The van der Waals surface area contributed by atoms with Gasteiger partial charge in [0.25, 0.3) is 0 Å². The summed E-state index contributed by atoms with van der Waals surface area (Å²) in [5.41, 5.74) is 9.70. The molecule has 1 aliphatic rings. The van der Waals surface area contributed by atoms with E-state index in [2.05, 4.69) is 73.1 Å². The number of aromatic nitrogens is 1. The van der Waals surface area contributed by atoms with Crippen molar-refractivity contribution in [3.63, 3.8) is 0 Å². The Bertz CT molecular complexity index is 1070. The van der Waals surface area contributed by atoms with Crippen molar-refractivity contribution < 1.29 is 0 Å². The van der Waals surface area contributed by atoms with Crippen LogP contribution in [0, 0.1) is 6.92 Å². The van der Waals surface area contributed by atoms with Gasteiger partial charge in [-0.25, -0.2) is 0 Å². The average molecular weight is 283 g/mol. The van der Waals surface area contributed by atoms with Crippen LogP contribution >= 0.6 is 0 Å². The van der Waals surface area contributed by atoms with Crippen LogP contribution in [0.4, 0.5) is 0 Å². The Kier molecular flexibility index (Phi) is 2.20. The molecule has 1 nitrogen and oxygen atoms in total. The zero-order chi connectivity index (χ0) is 14.8. The van der Waals surface area contributed by atoms with Gasteiger partial charge in [-0.1, -0.05) is 35.9 Å². The Labute approximate surface area is 129 Å². The van der Waals surface area contributed by atoms with E-state index in [-0.39, 0.29) is 0 Å². The number of fused-ring (bicyclic) bond motifs is 6. The molecule has 1 heteroatoms. The highest BCUT2D eigenvalue weighted by molar-refractivity contribution is 6.10. The monoisotopic (exact) mass is 283 g/mol. The van der Waals surface area contributed by atoms with Gasteiger partial charge < -0.3 is 4.57 Å². The van der Waals surface area contributed by atoms with Gasteiger partial charge in [0.1, 0.15) is 0 Å². The van der Waals surface area contributed by atoms with Crippen LogP contribution in [0.15, 0.2) is 54.6 Å². The van der Waals surface area contributed by atoms with Gasteiger partial charge >= 0.3 is 0 Å². The van der Waals surface area contributed by atoms with Crippen LogP contribution in [0.5, 0.6) is 0 Å². The maximum Gasteiger partial charge on any atom is 0.0492 e. The molecule has 0 bridgehead atoms. The molecule has 0 saturated heterocycles. The van der Waals surface area contributed by atoms with Crippen LogP contribution in [0.2, 0.25) is 0 Å². The summed E-state index contributed by atoms with van der Waals surface area (Å²) in [5, 5.41) is 2.74. The maximum absolute atomic E-state index is 2.40. The third-order valence-electron chi connectivity index (χ3n) is 5.07. The van der Waals surface area contributed by atoms with E-state index in [0.717, 1.165) is 6.42 Å². The first-order valence-corrected chi connectivity index (χ1v) is 7.82. The summed E-state index contributed by atoms with van der Waals surface area (Å²) in [6, 6.07) is 20.3. The van der Waals surface area contributed by atoms with Crippen LogP contribution < -0.4 is 0 Å². The first kappa shape index (κ1) is 12.0. The molecule has 1 heterocycles. The molecule has 0 radical (unpaired) electrons. The molecule has 0 fully saturated rings. The van der Waals surface area contributed by atoms with E-state index in [1.54, 1.807) is 0 Å². The predicted molar refractivity (Wildman–Crippen MR) is 93.4 cm³/mol. The number of benzene rings is 3. The predicted octanol–water partition coefficient (Wildman–Crippen LogP) is 5.21. The number of nitrogens with zero attached hydrogens (tertiary/aromatic N) is 1. The molecule has 0 spiro atoms. The van der Waals surface area contributed by atoms with Crippen molar-refractivity contribution in [1.29, 1.82) is 0 Å². The lowest BCUT2D eigenvalue weighted by Crippen LogP contribution is -1.88. The molecule has 106 valence electrons. The van der Waals surface area contributed by atoms with E-state index < -0.39 is 0 Å². The molecule has 0 saturated carbocycles. The Balaban J connectivity index is 1.93. The molecule has 0 N–H and O–H groups in total. The lowest BCUT2D eigenvalue weighted by molar-refractivity contribution is 1.01. The molecule has 0 atom stereocenters. The van der Waals surface area contributed by atoms with Crippen molar-refractivity contribution in [3.8, 4) is 11.1 Å². The average Bonchev–Trinajstić information content (AvgIpc) is 3.02. The van der Waals surface area contributed by atoms with Gasteiger partial charge in [0, 0.05) is 28.9 Å². The third kappa shape index (κ3) is 1.43. The number of aryl methyl sites for hydroxylation is 2. The van der Waals surface area contributed by atoms with Crippen molar-refractivity contribution >= 4 is 21.8 Å². The largest absolute Gasteiger partial charge is 0.344 e. The van der Waals surface area contributed by atoms with Crippen molar-refractivity contribution in [2.45, 2.75) is 13.3 Å². The molecule has 1 aliphatic carbocycles. The fourth-order valence-corrected chi connectivity index (χ4v) is 3.95. The summed E-state index contributed by atoms with van der Waals surface area (Å²) >= 11 is 0. The van der Waals surface area contributed by atoms with Crippen molar-refractivity contribution in [3.05, 3.63) is 71.3 Å². The van der Waals surface area contributed by atoms with Gasteiger partial charge in [-0.3, -0.25) is 0 Å². The van der Waals surface area contributed by atoms with Crippen molar-refractivity contribution in [2.24, 2.45) is 7.05 Å². The minimum Gasteiger partial charge on any atom is -0.344 e. The molecular weight excluding hydrogens is 266 g/mol. The van der Waals surface area contributed by atoms with E-state index in [1.165, 1.54) is 49.6 Å². The molecule has 0 amide bonds. The smallest absolute Gasteiger partial charge is 0.0492 e. The van der Waals surface area contributed by atoms with Gasteiger partial charge in [-0.15, -0.1) is 0 Å². The molecule has 0 aliphatic heterocycles. The molecule has 3 aromatic carbocycles. The number of rotatable bonds is 0. The first-order valence-electron chi connectivity index (χ1n) is 7.82. The molecule has 22 heavy (non-hydrogen) atoms.